The highest BCUT2D eigenvalue weighted by molar-refractivity contribution is 5.90. The number of carbonyl (C=O) groups is 1. The number of aromatic nitrogens is 1. The molecule has 0 saturated carbocycles. The van der Waals surface area contributed by atoms with Gasteiger partial charge in [0.1, 0.15) is 5.69 Å². The Morgan fingerprint density at radius 3 is 3.26 bits per heavy atom. The van der Waals surface area contributed by atoms with Crippen LogP contribution in [-0.4, -0.2) is 48.3 Å². The lowest BCUT2D eigenvalue weighted by Gasteiger charge is -2.33. The molecule has 19 heavy (non-hydrogen) atoms. The Hall–Kier alpha value is -1.82. The number of hydrogen-bond acceptors (Lipinski definition) is 4. The van der Waals surface area contributed by atoms with Gasteiger partial charge in [-0.25, -0.2) is 9.78 Å². The first kappa shape index (κ1) is 13.6. The topological polar surface area (TPSA) is 63.7 Å². The van der Waals surface area contributed by atoms with Gasteiger partial charge in [-0.2, -0.15) is 0 Å². The molecule has 1 aromatic rings. The number of carbonyl (C=O) groups excluding carboxylic acids is 1. The van der Waals surface area contributed by atoms with Crippen LogP contribution in [0.1, 0.15) is 13.8 Å². The largest absolute Gasteiger partial charge is 0.476 e. The molecular formula is C13H19N3O3. The molecule has 2 amide bonds. The summed E-state index contributed by atoms with van der Waals surface area (Å²) in [7, 11) is 0. The third-order valence-corrected chi connectivity index (χ3v) is 2.92. The van der Waals surface area contributed by atoms with Gasteiger partial charge in [-0.15, -0.1) is 0 Å². The number of rotatable bonds is 3. The summed E-state index contributed by atoms with van der Waals surface area (Å²) in [6.45, 7) is 6.09. The minimum atomic E-state index is -0.148. The SMILES string of the molecule is CCOc1ncccc1NC(=O)N1CCOC[C@H]1C. The van der Waals surface area contributed by atoms with Gasteiger partial charge >= 0.3 is 6.03 Å². The van der Waals surface area contributed by atoms with E-state index < -0.39 is 0 Å². The third kappa shape index (κ3) is 3.35. The lowest BCUT2D eigenvalue weighted by atomic mass is 10.3. The Kier molecular flexibility index (Phi) is 4.57. The van der Waals surface area contributed by atoms with Gasteiger partial charge < -0.3 is 19.7 Å². The zero-order valence-electron chi connectivity index (χ0n) is 11.3. The van der Waals surface area contributed by atoms with Gasteiger partial charge in [-0.3, -0.25) is 0 Å². The second-order valence-corrected chi connectivity index (χ2v) is 4.34. The Morgan fingerprint density at radius 1 is 1.68 bits per heavy atom. The number of morpholine rings is 1. The van der Waals surface area contributed by atoms with E-state index in [1.54, 1.807) is 23.2 Å². The van der Waals surface area contributed by atoms with Crippen molar-refractivity contribution >= 4 is 11.7 Å². The Bertz CT molecular complexity index is 439. The molecule has 6 heteroatoms. The third-order valence-electron chi connectivity index (χ3n) is 2.92. The summed E-state index contributed by atoms with van der Waals surface area (Å²) in [5.74, 6) is 0.444. The minimum Gasteiger partial charge on any atom is -0.476 e. The molecule has 6 nitrogen and oxygen atoms in total. The Morgan fingerprint density at radius 2 is 2.53 bits per heavy atom. The first-order chi connectivity index (χ1) is 9.22. The van der Waals surface area contributed by atoms with E-state index in [0.717, 1.165) is 0 Å². The average Bonchev–Trinajstić information content (AvgIpc) is 2.41. The fourth-order valence-electron chi connectivity index (χ4n) is 1.95. The van der Waals surface area contributed by atoms with Crippen molar-refractivity contribution in [3.8, 4) is 5.88 Å². The summed E-state index contributed by atoms with van der Waals surface area (Å²) in [5, 5.41) is 2.84. The van der Waals surface area contributed by atoms with Crippen molar-refractivity contribution in [1.82, 2.24) is 9.88 Å². The van der Waals surface area contributed by atoms with E-state index in [9.17, 15) is 4.79 Å². The van der Waals surface area contributed by atoms with Crippen molar-refractivity contribution in [3.63, 3.8) is 0 Å². The van der Waals surface area contributed by atoms with Crippen LogP contribution >= 0.6 is 0 Å². The van der Waals surface area contributed by atoms with Crippen LogP contribution in [0.2, 0.25) is 0 Å². The number of anilines is 1. The van der Waals surface area contributed by atoms with Gasteiger partial charge in [0.2, 0.25) is 5.88 Å². The molecule has 0 aromatic carbocycles. The highest BCUT2D eigenvalue weighted by atomic mass is 16.5. The number of ether oxygens (including phenoxy) is 2. The molecule has 0 radical (unpaired) electrons. The van der Waals surface area contributed by atoms with E-state index in [2.05, 4.69) is 10.3 Å². The monoisotopic (exact) mass is 265 g/mol. The maximum absolute atomic E-state index is 12.2. The predicted molar refractivity (Wildman–Crippen MR) is 71.4 cm³/mol. The van der Waals surface area contributed by atoms with Crippen molar-refractivity contribution in [1.29, 1.82) is 0 Å². The lowest BCUT2D eigenvalue weighted by Crippen LogP contribution is -2.48. The molecule has 1 aromatic heterocycles. The van der Waals surface area contributed by atoms with Crippen molar-refractivity contribution in [2.75, 3.05) is 31.7 Å². The normalized spacial score (nSPS) is 19.1. The summed E-state index contributed by atoms with van der Waals surface area (Å²) >= 11 is 0. The number of nitrogens with zero attached hydrogens (tertiary/aromatic N) is 2. The van der Waals surface area contributed by atoms with Crippen LogP contribution in [0.4, 0.5) is 10.5 Å². The quantitative estimate of drug-likeness (QED) is 0.904. The number of nitrogens with one attached hydrogen (secondary N) is 1. The fraction of sp³-hybridized carbons (Fsp3) is 0.538. The van der Waals surface area contributed by atoms with Crippen molar-refractivity contribution in [3.05, 3.63) is 18.3 Å². The number of hydrogen-bond donors (Lipinski definition) is 1. The molecule has 0 unspecified atom stereocenters. The van der Waals surface area contributed by atoms with Crippen LogP contribution in [0.3, 0.4) is 0 Å². The van der Waals surface area contributed by atoms with Crippen molar-refractivity contribution < 1.29 is 14.3 Å². The molecule has 1 saturated heterocycles. The number of urea groups is 1. The van der Waals surface area contributed by atoms with Crippen molar-refractivity contribution in [2.24, 2.45) is 0 Å². The van der Waals surface area contributed by atoms with Gasteiger partial charge in [-0.1, -0.05) is 0 Å². The maximum Gasteiger partial charge on any atom is 0.322 e. The Labute approximate surface area is 112 Å². The standard InChI is InChI=1S/C13H19N3O3/c1-3-19-12-11(5-4-6-14-12)15-13(17)16-7-8-18-9-10(16)2/h4-6,10H,3,7-9H2,1-2H3,(H,15,17)/t10-/m1/s1. The summed E-state index contributed by atoms with van der Waals surface area (Å²) in [6.07, 6.45) is 1.64. The molecule has 1 aliphatic heterocycles. The molecule has 0 spiro atoms. The molecular weight excluding hydrogens is 246 g/mol. The fourth-order valence-corrected chi connectivity index (χ4v) is 1.95. The molecule has 0 bridgehead atoms. The van der Waals surface area contributed by atoms with Crippen LogP contribution in [0.15, 0.2) is 18.3 Å². The summed E-state index contributed by atoms with van der Waals surface area (Å²) in [5.41, 5.74) is 0.591. The van der Waals surface area contributed by atoms with Crippen LogP contribution in [-0.2, 0) is 4.74 Å². The van der Waals surface area contributed by atoms with Crippen LogP contribution in [0, 0.1) is 0 Å². The molecule has 1 aliphatic rings. The minimum absolute atomic E-state index is 0.0703. The highest BCUT2D eigenvalue weighted by Gasteiger charge is 2.24. The highest BCUT2D eigenvalue weighted by Crippen LogP contribution is 2.21. The average molecular weight is 265 g/mol. The van der Waals surface area contributed by atoms with Crippen molar-refractivity contribution in [2.45, 2.75) is 19.9 Å². The zero-order valence-corrected chi connectivity index (χ0v) is 11.3. The lowest BCUT2D eigenvalue weighted by molar-refractivity contribution is 0.0221. The number of amides is 2. The van der Waals surface area contributed by atoms with Crippen LogP contribution < -0.4 is 10.1 Å². The van der Waals surface area contributed by atoms with Gasteiger partial charge in [0.05, 0.1) is 25.9 Å². The molecule has 2 rings (SSSR count). The van der Waals surface area contributed by atoms with Gasteiger partial charge in [0, 0.05) is 12.7 Å². The second kappa shape index (κ2) is 6.38. The van der Waals surface area contributed by atoms with E-state index in [1.165, 1.54) is 0 Å². The second-order valence-electron chi connectivity index (χ2n) is 4.34. The summed E-state index contributed by atoms with van der Waals surface area (Å²) in [4.78, 5) is 18.1. The first-order valence-corrected chi connectivity index (χ1v) is 6.45. The first-order valence-electron chi connectivity index (χ1n) is 6.45. The van der Waals surface area contributed by atoms with Gasteiger partial charge in [0.15, 0.2) is 0 Å². The molecule has 104 valence electrons. The maximum atomic E-state index is 12.2. The van der Waals surface area contributed by atoms with E-state index in [4.69, 9.17) is 9.47 Å². The van der Waals surface area contributed by atoms with E-state index in [1.807, 2.05) is 13.8 Å². The van der Waals surface area contributed by atoms with E-state index >= 15 is 0 Å². The van der Waals surface area contributed by atoms with Crippen LogP contribution in [0.25, 0.3) is 0 Å². The van der Waals surface area contributed by atoms with Gasteiger partial charge in [0.25, 0.3) is 0 Å². The number of pyridine rings is 1. The summed E-state index contributed by atoms with van der Waals surface area (Å²) in [6, 6.07) is 3.47. The Balaban J connectivity index is 2.05. The van der Waals surface area contributed by atoms with Gasteiger partial charge in [-0.05, 0) is 26.0 Å². The summed E-state index contributed by atoms with van der Waals surface area (Å²) < 4.78 is 10.7. The molecule has 1 atom stereocenters. The molecule has 0 aliphatic carbocycles. The zero-order chi connectivity index (χ0) is 13.7. The van der Waals surface area contributed by atoms with E-state index in [0.29, 0.717) is 37.9 Å². The van der Waals surface area contributed by atoms with Crippen LogP contribution in [0.5, 0.6) is 5.88 Å². The molecule has 2 heterocycles. The molecule has 1 N–H and O–H groups in total. The predicted octanol–water partition coefficient (Wildman–Crippen LogP) is 1.73. The van der Waals surface area contributed by atoms with E-state index in [-0.39, 0.29) is 12.1 Å². The smallest absolute Gasteiger partial charge is 0.322 e. The molecule has 1 fully saturated rings.